The van der Waals surface area contributed by atoms with E-state index < -0.39 is 5.82 Å². The summed E-state index contributed by atoms with van der Waals surface area (Å²) in [5, 5.41) is 6.31. The van der Waals surface area contributed by atoms with E-state index in [1.165, 1.54) is 12.1 Å². The van der Waals surface area contributed by atoms with Crippen molar-refractivity contribution in [1.82, 2.24) is 15.0 Å². The third kappa shape index (κ3) is 4.90. The molecule has 3 aromatic rings. The SMILES string of the molecule is Cc1ccc(Nc2nc(Nc3ccc(F)c(Cl)c3)nc(N3CCOCC3)n2)cc1. The first-order valence-electron chi connectivity index (χ1n) is 9.21. The van der Waals surface area contributed by atoms with Gasteiger partial charge in [-0.05, 0) is 37.3 Å². The Kier molecular flexibility index (Phi) is 5.73. The molecule has 0 spiro atoms. The zero-order valence-electron chi connectivity index (χ0n) is 15.8. The van der Waals surface area contributed by atoms with E-state index in [2.05, 4.69) is 25.6 Å². The molecule has 1 saturated heterocycles. The van der Waals surface area contributed by atoms with Gasteiger partial charge in [-0.15, -0.1) is 0 Å². The lowest BCUT2D eigenvalue weighted by Crippen LogP contribution is -2.37. The largest absolute Gasteiger partial charge is 0.378 e. The summed E-state index contributed by atoms with van der Waals surface area (Å²) in [6.07, 6.45) is 0. The number of rotatable bonds is 5. The van der Waals surface area contributed by atoms with Crippen LogP contribution in [0.4, 0.5) is 33.6 Å². The lowest BCUT2D eigenvalue weighted by atomic mass is 10.2. The molecule has 9 heteroatoms. The van der Waals surface area contributed by atoms with E-state index >= 15 is 0 Å². The Labute approximate surface area is 172 Å². The monoisotopic (exact) mass is 414 g/mol. The van der Waals surface area contributed by atoms with Crippen molar-refractivity contribution in [2.24, 2.45) is 0 Å². The molecule has 1 aromatic heterocycles. The number of anilines is 5. The highest BCUT2D eigenvalue weighted by atomic mass is 35.5. The summed E-state index contributed by atoms with van der Waals surface area (Å²) < 4.78 is 18.9. The third-order valence-electron chi connectivity index (χ3n) is 4.40. The van der Waals surface area contributed by atoms with E-state index in [0.717, 1.165) is 11.3 Å². The Morgan fingerprint density at radius 3 is 2.21 bits per heavy atom. The highest BCUT2D eigenvalue weighted by molar-refractivity contribution is 6.31. The Bertz CT molecular complexity index is 995. The zero-order valence-corrected chi connectivity index (χ0v) is 16.6. The van der Waals surface area contributed by atoms with Crippen molar-refractivity contribution in [3.63, 3.8) is 0 Å². The fourth-order valence-electron chi connectivity index (χ4n) is 2.85. The lowest BCUT2D eigenvalue weighted by Gasteiger charge is -2.27. The van der Waals surface area contributed by atoms with Crippen molar-refractivity contribution in [2.45, 2.75) is 6.92 Å². The van der Waals surface area contributed by atoms with Gasteiger partial charge < -0.3 is 20.3 Å². The van der Waals surface area contributed by atoms with Crippen LogP contribution in [0.5, 0.6) is 0 Å². The van der Waals surface area contributed by atoms with Gasteiger partial charge >= 0.3 is 0 Å². The summed E-state index contributed by atoms with van der Waals surface area (Å²) in [7, 11) is 0. The maximum atomic E-state index is 13.4. The molecule has 0 bridgehead atoms. The topological polar surface area (TPSA) is 75.2 Å². The summed E-state index contributed by atoms with van der Waals surface area (Å²) in [6.45, 7) is 4.64. The number of ether oxygens (including phenoxy) is 1. The molecule has 4 rings (SSSR count). The molecule has 2 heterocycles. The Hall–Kier alpha value is -2.97. The number of benzene rings is 2. The number of morpholine rings is 1. The lowest BCUT2D eigenvalue weighted by molar-refractivity contribution is 0.122. The van der Waals surface area contributed by atoms with Crippen molar-refractivity contribution in [3.05, 3.63) is 58.9 Å². The average Bonchev–Trinajstić information content (AvgIpc) is 2.73. The molecule has 0 atom stereocenters. The number of nitrogens with zero attached hydrogens (tertiary/aromatic N) is 4. The predicted molar refractivity (Wildman–Crippen MR) is 112 cm³/mol. The van der Waals surface area contributed by atoms with Crippen LogP contribution >= 0.6 is 11.6 Å². The molecule has 1 aliphatic heterocycles. The third-order valence-corrected chi connectivity index (χ3v) is 4.69. The minimum Gasteiger partial charge on any atom is -0.378 e. The van der Waals surface area contributed by atoms with Crippen LogP contribution in [0.3, 0.4) is 0 Å². The van der Waals surface area contributed by atoms with E-state index in [4.69, 9.17) is 16.3 Å². The molecule has 29 heavy (non-hydrogen) atoms. The first kappa shape index (κ1) is 19.4. The molecule has 1 aliphatic rings. The molecule has 0 unspecified atom stereocenters. The highest BCUT2D eigenvalue weighted by Crippen LogP contribution is 2.24. The van der Waals surface area contributed by atoms with Crippen LogP contribution in [0.2, 0.25) is 5.02 Å². The predicted octanol–water partition coefficient (Wildman–Crippen LogP) is 4.30. The molecule has 0 radical (unpaired) electrons. The first-order chi connectivity index (χ1) is 14.1. The smallest absolute Gasteiger partial charge is 0.233 e. The Morgan fingerprint density at radius 1 is 0.931 bits per heavy atom. The van der Waals surface area contributed by atoms with Crippen LogP contribution in [-0.2, 0) is 4.74 Å². The van der Waals surface area contributed by atoms with Gasteiger partial charge in [0.2, 0.25) is 17.8 Å². The minimum absolute atomic E-state index is 0.0236. The maximum absolute atomic E-state index is 13.4. The molecule has 0 amide bonds. The van der Waals surface area contributed by atoms with Crippen LogP contribution in [0.1, 0.15) is 5.56 Å². The van der Waals surface area contributed by atoms with Crippen molar-refractivity contribution in [1.29, 1.82) is 0 Å². The van der Waals surface area contributed by atoms with Crippen LogP contribution in [0.25, 0.3) is 0 Å². The second kappa shape index (κ2) is 8.59. The van der Waals surface area contributed by atoms with Gasteiger partial charge in [0, 0.05) is 24.5 Å². The molecule has 7 nitrogen and oxygen atoms in total. The van der Waals surface area contributed by atoms with Gasteiger partial charge in [0.05, 0.1) is 18.2 Å². The molecule has 0 aliphatic carbocycles. The first-order valence-corrected chi connectivity index (χ1v) is 9.59. The van der Waals surface area contributed by atoms with Crippen LogP contribution in [-0.4, -0.2) is 41.3 Å². The number of halogens is 2. The number of aryl methyl sites for hydroxylation is 1. The highest BCUT2D eigenvalue weighted by Gasteiger charge is 2.17. The van der Waals surface area contributed by atoms with Crippen molar-refractivity contribution >= 4 is 40.8 Å². The fourth-order valence-corrected chi connectivity index (χ4v) is 3.03. The summed E-state index contributed by atoms with van der Waals surface area (Å²) in [5.74, 6) is 0.789. The summed E-state index contributed by atoms with van der Waals surface area (Å²) in [4.78, 5) is 15.6. The standard InChI is InChI=1S/C20H20ClFN6O/c1-13-2-4-14(5-3-13)23-18-25-19(24-15-6-7-17(22)16(21)12-15)27-20(26-18)28-8-10-29-11-9-28/h2-7,12H,8-11H2,1H3,(H2,23,24,25,26,27). The molecule has 150 valence electrons. The zero-order chi connectivity index (χ0) is 20.2. The van der Waals surface area contributed by atoms with Crippen LogP contribution < -0.4 is 15.5 Å². The van der Waals surface area contributed by atoms with Crippen molar-refractivity contribution in [3.8, 4) is 0 Å². The van der Waals surface area contributed by atoms with Crippen molar-refractivity contribution in [2.75, 3.05) is 41.8 Å². The summed E-state index contributed by atoms with van der Waals surface area (Å²) >= 11 is 5.88. The minimum atomic E-state index is -0.483. The van der Waals surface area contributed by atoms with Crippen molar-refractivity contribution < 1.29 is 9.13 Å². The molecule has 2 N–H and O–H groups in total. The molecule has 0 saturated carbocycles. The van der Waals surface area contributed by atoms with Gasteiger partial charge in [-0.3, -0.25) is 0 Å². The average molecular weight is 415 g/mol. The Morgan fingerprint density at radius 2 is 1.55 bits per heavy atom. The van der Waals surface area contributed by atoms with Crippen LogP contribution in [0, 0.1) is 12.7 Å². The van der Waals surface area contributed by atoms with E-state index in [1.807, 2.05) is 36.1 Å². The Balaban J connectivity index is 1.64. The number of aromatic nitrogens is 3. The van der Waals surface area contributed by atoms with E-state index in [9.17, 15) is 4.39 Å². The van der Waals surface area contributed by atoms with Gasteiger partial charge in [0.1, 0.15) is 5.82 Å². The van der Waals surface area contributed by atoms with Gasteiger partial charge in [-0.2, -0.15) is 15.0 Å². The van der Waals surface area contributed by atoms with E-state index in [1.54, 1.807) is 6.07 Å². The van der Waals surface area contributed by atoms with E-state index in [0.29, 0.717) is 49.8 Å². The van der Waals surface area contributed by atoms with Crippen LogP contribution in [0.15, 0.2) is 42.5 Å². The second-order valence-corrected chi connectivity index (χ2v) is 7.03. The summed E-state index contributed by atoms with van der Waals surface area (Å²) in [5.41, 5.74) is 2.61. The number of hydrogen-bond acceptors (Lipinski definition) is 7. The normalized spacial score (nSPS) is 14.0. The van der Waals surface area contributed by atoms with Gasteiger partial charge in [0.25, 0.3) is 0 Å². The fraction of sp³-hybridized carbons (Fsp3) is 0.250. The summed E-state index contributed by atoms with van der Waals surface area (Å²) in [6, 6.07) is 12.3. The molecular weight excluding hydrogens is 395 g/mol. The quantitative estimate of drug-likeness (QED) is 0.644. The van der Waals surface area contributed by atoms with Gasteiger partial charge in [0.15, 0.2) is 0 Å². The van der Waals surface area contributed by atoms with Gasteiger partial charge in [-0.1, -0.05) is 29.3 Å². The molecule has 2 aromatic carbocycles. The molecule has 1 fully saturated rings. The van der Waals surface area contributed by atoms with E-state index in [-0.39, 0.29) is 5.02 Å². The number of nitrogens with one attached hydrogen (secondary N) is 2. The van der Waals surface area contributed by atoms with Gasteiger partial charge in [-0.25, -0.2) is 4.39 Å². The second-order valence-electron chi connectivity index (χ2n) is 6.63. The maximum Gasteiger partial charge on any atom is 0.233 e. The molecular formula is C20H20ClFN6O. The number of hydrogen-bond donors (Lipinski definition) is 2.